The van der Waals surface area contributed by atoms with Crippen LogP contribution in [0, 0.1) is 0 Å². The quantitative estimate of drug-likeness (QED) is 0.860. The van der Waals surface area contributed by atoms with Gasteiger partial charge in [0.05, 0.1) is 5.52 Å². The smallest absolute Gasteiger partial charge is 0.240 e. The van der Waals surface area contributed by atoms with Crippen LogP contribution in [0.25, 0.3) is 10.9 Å². The lowest BCUT2D eigenvalue weighted by molar-refractivity contribution is -0.122. The third-order valence-electron chi connectivity index (χ3n) is 2.86. The molecule has 0 aliphatic heterocycles. The summed E-state index contributed by atoms with van der Waals surface area (Å²) < 4.78 is 1.95. The van der Waals surface area contributed by atoms with Gasteiger partial charge in [0.2, 0.25) is 5.91 Å². The molecule has 1 aromatic heterocycles. The number of nitrogens with zero attached hydrogens (tertiary/aromatic N) is 1. The Hall–Kier alpha value is -1.81. The summed E-state index contributed by atoms with van der Waals surface area (Å²) in [7, 11) is 0. The number of hydrogen-bond donors (Lipinski definition) is 2. The van der Waals surface area contributed by atoms with E-state index in [-0.39, 0.29) is 11.9 Å². The van der Waals surface area contributed by atoms with Crippen molar-refractivity contribution in [3.05, 3.63) is 36.0 Å². The number of aromatic nitrogens is 1. The number of fused-ring (bicyclic) bond motifs is 1. The first-order valence-electron chi connectivity index (χ1n) is 6.18. The van der Waals surface area contributed by atoms with Crippen molar-refractivity contribution in [1.82, 2.24) is 9.88 Å². The molecular weight excluding hydrogens is 226 g/mol. The molecule has 1 aromatic carbocycles. The van der Waals surface area contributed by atoms with Gasteiger partial charge in [-0.25, -0.2) is 0 Å². The van der Waals surface area contributed by atoms with Gasteiger partial charge in [0.1, 0.15) is 6.54 Å². The summed E-state index contributed by atoms with van der Waals surface area (Å²) in [6.07, 6.45) is 1.93. The molecule has 0 spiro atoms. The standard InChI is InChI=1S/C14H19N3O/c1-10(2)16-13(18)9-17-7-6-11-4-3-5-12(8-15)14(11)17/h3-7,10H,8-9,15H2,1-2H3,(H,16,18). The molecule has 0 aliphatic carbocycles. The van der Waals surface area contributed by atoms with Gasteiger partial charge in [-0.2, -0.15) is 0 Å². The van der Waals surface area contributed by atoms with Crippen LogP contribution in [0.3, 0.4) is 0 Å². The van der Waals surface area contributed by atoms with Crippen LogP contribution in [0.5, 0.6) is 0 Å². The molecule has 4 heteroatoms. The van der Waals surface area contributed by atoms with E-state index >= 15 is 0 Å². The van der Waals surface area contributed by atoms with Crippen molar-refractivity contribution < 1.29 is 4.79 Å². The fourth-order valence-electron chi connectivity index (χ4n) is 2.16. The van der Waals surface area contributed by atoms with Crippen LogP contribution in [-0.2, 0) is 17.9 Å². The number of nitrogens with two attached hydrogens (primary N) is 1. The van der Waals surface area contributed by atoms with E-state index < -0.39 is 0 Å². The number of hydrogen-bond acceptors (Lipinski definition) is 2. The third-order valence-corrected chi connectivity index (χ3v) is 2.86. The maximum absolute atomic E-state index is 11.8. The highest BCUT2D eigenvalue weighted by Gasteiger charge is 2.09. The molecule has 3 N–H and O–H groups in total. The molecular formula is C14H19N3O. The van der Waals surface area contributed by atoms with Crippen LogP contribution >= 0.6 is 0 Å². The molecule has 2 rings (SSSR count). The zero-order valence-corrected chi connectivity index (χ0v) is 10.8. The SMILES string of the molecule is CC(C)NC(=O)Cn1ccc2cccc(CN)c21. The largest absolute Gasteiger partial charge is 0.352 e. The van der Waals surface area contributed by atoms with Crippen molar-refractivity contribution in [2.24, 2.45) is 5.73 Å². The maximum Gasteiger partial charge on any atom is 0.240 e. The Morgan fingerprint density at radius 2 is 2.17 bits per heavy atom. The van der Waals surface area contributed by atoms with Crippen molar-refractivity contribution in [1.29, 1.82) is 0 Å². The summed E-state index contributed by atoms with van der Waals surface area (Å²) in [6.45, 7) is 4.72. The van der Waals surface area contributed by atoms with Gasteiger partial charge in [0.15, 0.2) is 0 Å². The second-order valence-electron chi connectivity index (χ2n) is 4.72. The Labute approximate surface area is 107 Å². The van der Waals surface area contributed by atoms with Crippen LogP contribution in [0.1, 0.15) is 19.4 Å². The van der Waals surface area contributed by atoms with Crippen molar-refractivity contribution in [3.63, 3.8) is 0 Å². The van der Waals surface area contributed by atoms with E-state index in [1.165, 1.54) is 0 Å². The molecule has 96 valence electrons. The predicted octanol–water partition coefficient (Wildman–Crippen LogP) is 1.62. The number of rotatable bonds is 4. The van der Waals surface area contributed by atoms with E-state index in [0.717, 1.165) is 16.5 Å². The Bertz CT molecular complexity index is 557. The lowest BCUT2D eigenvalue weighted by Crippen LogP contribution is -2.33. The third kappa shape index (κ3) is 2.54. The summed E-state index contributed by atoms with van der Waals surface area (Å²) >= 11 is 0. The fourth-order valence-corrected chi connectivity index (χ4v) is 2.16. The van der Waals surface area contributed by atoms with Gasteiger partial charge < -0.3 is 15.6 Å². The van der Waals surface area contributed by atoms with E-state index in [1.807, 2.05) is 48.9 Å². The normalized spacial score (nSPS) is 11.1. The Kier molecular flexibility index (Phi) is 3.67. The van der Waals surface area contributed by atoms with Crippen molar-refractivity contribution in [2.45, 2.75) is 33.0 Å². The minimum absolute atomic E-state index is 0.0225. The molecule has 0 saturated heterocycles. The van der Waals surface area contributed by atoms with E-state index in [9.17, 15) is 4.79 Å². The fraction of sp³-hybridized carbons (Fsp3) is 0.357. The van der Waals surface area contributed by atoms with Gasteiger partial charge in [-0.15, -0.1) is 0 Å². The van der Waals surface area contributed by atoms with Crippen molar-refractivity contribution in [3.8, 4) is 0 Å². The lowest BCUT2D eigenvalue weighted by Gasteiger charge is -2.11. The highest BCUT2D eigenvalue weighted by molar-refractivity contribution is 5.85. The average Bonchev–Trinajstić information content (AvgIpc) is 2.71. The minimum atomic E-state index is 0.0225. The minimum Gasteiger partial charge on any atom is -0.352 e. The first kappa shape index (κ1) is 12.6. The van der Waals surface area contributed by atoms with Crippen LogP contribution in [0.4, 0.5) is 0 Å². The van der Waals surface area contributed by atoms with Crippen LogP contribution in [0.15, 0.2) is 30.5 Å². The van der Waals surface area contributed by atoms with E-state index in [0.29, 0.717) is 13.1 Å². The van der Waals surface area contributed by atoms with E-state index in [1.54, 1.807) is 0 Å². The summed E-state index contributed by atoms with van der Waals surface area (Å²) in [5, 5.41) is 4.01. The Morgan fingerprint density at radius 3 is 2.83 bits per heavy atom. The molecule has 1 amide bonds. The molecule has 0 fully saturated rings. The molecule has 4 nitrogen and oxygen atoms in total. The zero-order valence-electron chi connectivity index (χ0n) is 10.8. The van der Waals surface area contributed by atoms with Gasteiger partial charge in [-0.05, 0) is 30.9 Å². The molecule has 0 saturated carbocycles. The lowest BCUT2D eigenvalue weighted by atomic mass is 10.1. The van der Waals surface area contributed by atoms with Crippen LogP contribution in [0.2, 0.25) is 0 Å². The first-order valence-corrected chi connectivity index (χ1v) is 6.18. The Morgan fingerprint density at radius 1 is 1.39 bits per heavy atom. The van der Waals surface area contributed by atoms with Gasteiger partial charge in [0.25, 0.3) is 0 Å². The summed E-state index contributed by atoms with van der Waals surface area (Å²) in [4.78, 5) is 11.8. The zero-order chi connectivity index (χ0) is 13.1. The highest BCUT2D eigenvalue weighted by Crippen LogP contribution is 2.19. The molecule has 0 bridgehead atoms. The molecule has 18 heavy (non-hydrogen) atoms. The van der Waals surface area contributed by atoms with Gasteiger partial charge >= 0.3 is 0 Å². The maximum atomic E-state index is 11.8. The Balaban J connectivity index is 2.31. The number of nitrogens with one attached hydrogen (secondary N) is 1. The highest BCUT2D eigenvalue weighted by atomic mass is 16.2. The predicted molar refractivity (Wildman–Crippen MR) is 73.1 cm³/mol. The number of benzene rings is 1. The van der Waals surface area contributed by atoms with Crippen molar-refractivity contribution >= 4 is 16.8 Å². The second-order valence-corrected chi connectivity index (χ2v) is 4.72. The molecule has 0 unspecified atom stereocenters. The van der Waals surface area contributed by atoms with E-state index in [2.05, 4.69) is 5.32 Å². The average molecular weight is 245 g/mol. The van der Waals surface area contributed by atoms with Gasteiger partial charge in [-0.1, -0.05) is 18.2 Å². The second kappa shape index (κ2) is 5.23. The number of para-hydroxylation sites is 1. The van der Waals surface area contributed by atoms with Gasteiger partial charge in [0, 0.05) is 18.8 Å². The molecule has 0 atom stereocenters. The summed E-state index contributed by atoms with van der Waals surface area (Å²) in [5.74, 6) is 0.0225. The molecule has 2 aromatic rings. The number of amides is 1. The number of carbonyl (C=O) groups is 1. The molecule has 0 aliphatic rings. The van der Waals surface area contributed by atoms with Crippen LogP contribution in [-0.4, -0.2) is 16.5 Å². The van der Waals surface area contributed by atoms with Gasteiger partial charge in [-0.3, -0.25) is 4.79 Å². The number of carbonyl (C=O) groups excluding carboxylic acids is 1. The topological polar surface area (TPSA) is 60.0 Å². The van der Waals surface area contributed by atoms with Crippen molar-refractivity contribution in [2.75, 3.05) is 0 Å². The first-order chi connectivity index (χ1) is 8.61. The summed E-state index contributed by atoms with van der Waals surface area (Å²) in [6, 6.07) is 8.19. The molecule has 1 heterocycles. The monoisotopic (exact) mass is 245 g/mol. The van der Waals surface area contributed by atoms with Crippen LogP contribution < -0.4 is 11.1 Å². The summed E-state index contributed by atoms with van der Waals surface area (Å²) in [5.41, 5.74) is 7.86. The molecule has 0 radical (unpaired) electrons. The van der Waals surface area contributed by atoms with E-state index in [4.69, 9.17) is 5.73 Å².